The molecule has 0 aliphatic rings. The summed E-state index contributed by atoms with van der Waals surface area (Å²) in [5, 5.41) is 9.66. The van der Waals surface area contributed by atoms with Crippen LogP contribution in [-0.2, 0) is 0 Å². The van der Waals surface area contributed by atoms with Gasteiger partial charge in [-0.15, -0.1) is 6.58 Å². The molecule has 0 bridgehead atoms. The maximum Gasteiger partial charge on any atom is 0.134 e. The number of aliphatic hydroxyl groups excluding tert-OH is 1. The standard InChI is InChI=1S/C11H10O2.C3H6.C2H6.H2O/c12-7-3-5-10-8-9-4-1-2-6-11(9)13-10;1-3-2;1-2;/h1-6,8,12H,7H2;3H,1H2,2H3;1-2H3;1H2/b5-3+;;;. The lowest BCUT2D eigenvalue weighted by molar-refractivity contribution is 0.343. The summed E-state index contributed by atoms with van der Waals surface area (Å²) in [5.74, 6) is 0.773. The first kappa shape index (κ1) is 19.5. The lowest BCUT2D eigenvalue weighted by Gasteiger charge is -1.83. The van der Waals surface area contributed by atoms with Gasteiger partial charge < -0.3 is 15.0 Å². The fourth-order valence-electron chi connectivity index (χ4n) is 1.25. The van der Waals surface area contributed by atoms with Crippen molar-refractivity contribution in [2.45, 2.75) is 20.8 Å². The molecule has 2 rings (SSSR count). The highest BCUT2D eigenvalue weighted by Crippen LogP contribution is 2.19. The molecule has 0 aliphatic heterocycles. The van der Waals surface area contributed by atoms with Gasteiger partial charge in [0.15, 0.2) is 0 Å². The van der Waals surface area contributed by atoms with Gasteiger partial charge in [-0.3, -0.25) is 0 Å². The zero-order valence-electron chi connectivity index (χ0n) is 11.9. The van der Waals surface area contributed by atoms with Crippen molar-refractivity contribution in [3.63, 3.8) is 0 Å². The Labute approximate surface area is 115 Å². The number of hydrogen-bond donors (Lipinski definition) is 1. The third kappa shape index (κ3) is 7.24. The van der Waals surface area contributed by atoms with Crippen molar-refractivity contribution >= 4 is 17.0 Å². The minimum absolute atomic E-state index is 0. The van der Waals surface area contributed by atoms with E-state index in [1.54, 1.807) is 18.2 Å². The van der Waals surface area contributed by atoms with Crippen molar-refractivity contribution in [3.8, 4) is 0 Å². The molecule has 0 atom stereocenters. The molecule has 0 fully saturated rings. The number of aliphatic hydroxyl groups is 1. The molecule has 1 aromatic carbocycles. The fraction of sp³-hybridized carbons (Fsp3) is 0.250. The summed E-state index contributed by atoms with van der Waals surface area (Å²) >= 11 is 0. The van der Waals surface area contributed by atoms with Crippen molar-refractivity contribution in [2.24, 2.45) is 0 Å². The monoisotopic (exact) mass is 264 g/mol. The zero-order chi connectivity index (χ0) is 13.8. The molecule has 0 radical (unpaired) electrons. The van der Waals surface area contributed by atoms with Gasteiger partial charge in [0.05, 0.1) is 6.61 Å². The second-order valence-electron chi connectivity index (χ2n) is 3.18. The SMILES string of the molecule is C=CC.CC.O.OC/C=C/c1cc2ccccc2o1. The normalized spacial score (nSPS) is 8.84. The van der Waals surface area contributed by atoms with Crippen LogP contribution in [0.15, 0.2) is 53.5 Å². The van der Waals surface area contributed by atoms with Crippen LogP contribution in [0, 0.1) is 0 Å². The van der Waals surface area contributed by atoms with Gasteiger partial charge in [0.1, 0.15) is 11.3 Å². The smallest absolute Gasteiger partial charge is 0.134 e. The molecular formula is C16H24O3. The van der Waals surface area contributed by atoms with Gasteiger partial charge >= 0.3 is 0 Å². The van der Waals surface area contributed by atoms with E-state index in [1.165, 1.54) is 0 Å². The van der Waals surface area contributed by atoms with E-state index in [9.17, 15) is 0 Å². The quantitative estimate of drug-likeness (QED) is 0.838. The van der Waals surface area contributed by atoms with Crippen molar-refractivity contribution in [1.82, 2.24) is 0 Å². The Morgan fingerprint density at radius 1 is 1.26 bits per heavy atom. The van der Waals surface area contributed by atoms with Crippen LogP contribution in [0.2, 0.25) is 0 Å². The van der Waals surface area contributed by atoms with Crippen molar-refractivity contribution in [1.29, 1.82) is 0 Å². The molecular weight excluding hydrogens is 240 g/mol. The van der Waals surface area contributed by atoms with Crippen LogP contribution in [0.4, 0.5) is 0 Å². The van der Waals surface area contributed by atoms with E-state index in [2.05, 4.69) is 6.58 Å². The lowest BCUT2D eigenvalue weighted by atomic mass is 10.2. The van der Waals surface area contributed by atoms with Gasteiger partial charge in [-0.05, 0) is 25.1 Å². The molecule has 106 valence electrons. The minimum atomic E-state index is 0. The lowest BCUT2D eigenvalue weighted by Crippen LogP contribution is -1.69. The third-order valence-corrected chi connectivity index (χ3v) is 1.83. The molecule has 1 aromatic heterocycles. The van der Waals surface area contributed by atoms with Crippen molar-refractivity contribution in [3.05, 3.63) is 54.8 Å². The second-order valence-corrected chi connectivity index (χ2v) is 3.18. The Bertz CT molecular complexity index is 437. The molecule has 1 heterocycles. The van der Waals surface area contributed by atoms with Crippen LogP contribution in [0.5, 0.6) is 0 Å². The molecule has 0 aliphatic carbocycles. The number of fused-ring (bicyclic) bond motifs is 1. The van der Waals surface area contributed by atoms with Gasteiger partial charge in [0, 0.05) is 5.39 Å². The summed E-state index contributed by atoms with van der Waals surface area (Å²) in [7, 11) is 0. The fourth-order valence-corrected chi connectivity index (χ4v) is 1.25. The summed E-state index contributed by atoms with van der Waals surface area (Å²) in [4.78, 5) is 0. The van der Waals surface area contributed by atoms with E-state index in [1.807, 2.05) is 51.1 Å². The summed E-state index contributed by atoms with van der Waals surface area (Å²) in [6.45, 7) is 9.29. The first-order chi connectivity index (χ1) is 8.81. The van der Waals surface area contributed by atoms with Crippen LogP contribution >= 0.6 is 0 Å². The van der Waals surface area contributed by atoms with Crippen molar-refractivity contribution in [2.75, 3.05) is 6.61 Å². The van der Waals surface area contributed by atoms with E-state index in [0.717, 1.165) is 16.7 Å². The number of hydrogen-bond acceptors (Lipinski definition) is 2. The zero-order valence-corrected chi connectivity index (χ0v) is 11.9. The molecule has 2 aromatic rings. The number of para-hydroxylation sites is 1. The molecule has 3 N–H and O–H groups in total. The number of rotatable bonds is 2. The Morgan fingerprint density at radius 2 is 1.84 bits per heavy atom. The number of allylic oxidation sites excluding steroid dienone is 1. The molecule has 3 nitrogen and oxygen atoms in total. The molecule has 0 spiro atoms. The average molecular weight is 264 g/mol. The molecule has 0 unspecified atom stereocenters. The topological polar surface area (TPSA) is 64.9 Å². The maximum atomic E-state index is 8.57. The van der Waals surface area contributed by atoms with Gasteiger partial charge in [0.25, 0.3) is 0 Å². The summed E-state index contributed by atoms with van der Waals surface area (Å²) < 4.78 is 5.47. The first-order valence-electron chi connectivity index (χ1n) is 6.15. The van der Waals surface area contributed by atoms with E-state index in [-0.39, 0.29) is 12.1 Å². The van der Waals surface area contributed by atoms with E-state index in [0.29, 0.717) is 0 Å². The van der Waals surface area contributed by atoms with E-state index in [4.69, 9.17) is 9.52 Å². The van der Waals surface area contributed by atoms with Gasteiger partial charge in [0.2, 0.25) is 0 Å². The Kier molecular flexibility index (Phi) is 12.9. The predicted molar refractivity (Wildman–Crippen MR) is 83.2 cm³/mol. The van der Waals surface area contributed by atoms with Gasteiger partial charge in [-0.2, -0.15) is 0 Å². The largest absolute Gasteiger partial charge is 0.457 e. The van der Waals surface area contributed by atoms with E-state index >= 15 is 0 Å². The predicted octanol–water partition coefficient (Wildman–Crippen LogP) is 3.83. The molecule has 0 saturated heterocycles. The summed E-state index contributed by atoms with van der Waals surface area (Å²) in [6.07, 6.45) is 5.16. The van der Waals surface area contributed by atoms with Crippen LogP contribution in [0.1, 0.15) is 26.5 Å². The first-order valence-corrected chi connectivity index (χ1v) is 6.15. The molecule has 19 heavy (non-hydrogen) atoms. The average Bonchev–Trinajstić information content (AvgIpc) is 2.82. The van der Waals surface area contributed by atoms with Crippen LogP contribution in [-0.4, -0.2) is 17.2 Å². The Balaban J connectivity index is 0. The number of benzene rings is 1. The van der Waals surface area contributed by atoms with Crippen LogP contribution < -0.4 is 0 Å². The van der Waals surface area contributed by atoms with E-state index < -0.39 is 0 Å². The molecule has 0 saturated carbocycles. The second kappa shape index (κ2) is 12.6. The number of furan rings is 1. The molecule has 3 heteroatoms. The Morgan fingerprint density at radius 3 is 2.37 bits per heavy atom. The maximum absolute atomic E-state index is 8.57. The minimum Gasteiger partial charge on any atom is -0.457 e. The Hall–Kier alpha value is -1.84. The highest BCUT2D eigenvalue weighted by molar-refractivity contribution is 5.79. The highest BCUT2D eigenvalue weighted by Gasteiger charge is 1.97. The van der Waals surface area contributed by atoms with Crippen molar-refractivity contribution < 1.29 is 15.0 Å². The van der Waals surface area contributed by atoms with Crippen LogP contribution in [0.25, 0.3) is 17.0 Å². The summed E-state index contributed by atoms with van der Waals surface area (Å²) in [5.41, 5.74) is 0.875. The highest BCUT2D eigenvalue weighted by atomic mass is 16.3. The molecule has 0 amide bonds. The van der Waals surface area contributed by atoms with Gasteiger partial charge in [-0.1, -0.05) is 44.2 Å². The third-order valence-electron chi connectivity index (χ3n) is 1.83. The van der Waals surface area contributed by atoms with Crippen LogP contribution in [0.3, 0.4) is 0 Å². The van der Waals surface area contributed by atoms with Gasteiger partial charge in [-0.25, -0.2) is 0 Å². The summed E-state index contributed by atoms with van der Waals surface area (Å²) in [6, 6.07) is 9.77.